The quantitative estimate of drug-likeness (QED) is 0.846. The Morgan fingerprint density at radius 2 is 1.46 bits per heavy atom. The van der Waals surface area contributed by atoms with Gasteiger partial charge in [0.2, 0.25) is 0 Å². The maximum atomic E-state index is 12.6. The van der Waals surface area contributed by atoms with Crippen LogP contribution >= 0.6 is 23.2 Å². The van der Waals surface area contributed by atoms with Gasteiger partial charge < -0.3 is 10.2 Å². The highest BCUT2D eigenvalue weighted by atomic mass is 35.5. The first-order chi connectivity index (χ1) is 12.6. The third-order valence-electron chi connectivity index (χ3n) is 4.68. The Hall–Kier alpha value is -2.04. The Bertz CT molecular complexity index is 802. The maximum Gasteiger partial charge on any atom is 0.255 e. The number of carbonyl (C=O) groups excluding carboxylic acids is 2. The van der Waals surface area contributed by atoms with Gasteiger partial charge in [0.05, 0.1) is 21.2 Å². The molecule has 6 heteroatoms. The standard InChI is InChI=1S/C20H20Cl2N2O2/c21-17-7-3-1-5-15(17)19(25)23-13-14-9-11-24(12-10-14)20(26)16-6-2-4-8-18(16)22/h1-8,14H,9-13H2,(H,23,25). The van der Waals surface area contributed by atoms with E-state index >= 15 is 0 Å². The first-order valence-electron chi connectivity index (χ1n) is 8.63. The lowest BCUT2D eigenvalue weighted by molar-refractivity contribution is 0.0684. The van der Waals surface area contributed by atoms with Gasteiger partial charge in [0.15, 0.2) is 0 Å². The van der Waals surface area contributed by atoms with Crippen molar-refractivity contribution in [3.05, 3.63) is 69.7 Å². The molecule has 0 atom stereocenters. The summed E-state index contributed by atoms with van der Waals surface area (Å²) in [7, 11) is 0. The van der Waals surface area contributed by atoms with Gasteiger partial charge >= 0.3 is 0 Å². The highest BCUT2D eigenvalue weighted by molar-refractivity contribution is 6.34. The Morgan fingerprint density at radius 1 is 0.923 bits per heavy atom. The van der Waals surface area contributed by atoms with E-state index in [1.165, 1.54) is 0 Å². The van der Waals surface area contributed by atoms with E-state index in [0.29, 0.717) is 46.7 Å². The highest BCUT2D eigenvalue weighted by Crippen LogP contribution is 2.22. The van der Waals surface area contributed by atoms with Gasteiger partial charge in [-0.25, -0.2) is 0 Å². The Morgan fingerprint density at radius 3 is 2.04 bits per heavy atom. The normalized spacial score (nSPS) is 14.9. The van der Waals surface area contributed by atoms with Crippen LogP contribution in [0.1, 0.15) is 33.6 Å². The summed E-state index contributed by atoms with van der Waals surface area (Å²) in [6, 6.07) is 14.1. The van der Waals surface area contributed by atoms with Crippen LogP contribution in [0.4, 0.5) is 0 Å². The number of amides is 2. The average molecular weight is 391 g/mol. The average Bonchev–Trinajstić information content (AvgIpc) is 2.67. The van der Waals surface area contributed by atoms with Crippen molar-refractivity contribution in [2.45, 2.75) is 12.8 Å². The zero-order valence-electron chi connectivity index (χ0n) is 14.3. The molecule has 0 radical (unpaired) electrons. The van der Waals surface area contributed by atoms with Crippen molar-refractivity contribution < 1.29 is 9.59 Å². The van der Waals surface area contributed by atoms with Crippen LogP contribution in [0.25, 0.3) is 0 Å². The van der Waals surface area contributed by atoms with Crippen LogP contribution in [0.2, 0.25) is 10.0 Å². The number of hydrogen-bond acceptors (Lipinski definition) is 2. The molecule has 4 nitrogen and oxygen atoms in total. The predicted octanol–water partition coefficient (Wildman–Crippen LogP) is 4.28. The Labute approximate surface area is 163 Å². The second kappa shape index (κ2) is 8.56. The molecule has 2 amide bonds. The zero-order chi connectivity index (χ0) is 18.5. The third-order valence-corrected chi connectivity index (χ3v) is 5.33. The molecule has 2 aromatic rings. The van der Waals surface area contributed by atoms with Gasteiger partial charge in [0.1, 0.15) is 0 Å². The smallest absolute Gasteiger partial charge is 0.255 e. The third kappa shape index (κ3) is 4.37. The summed E-state index contributed by atoms with van der Waals surface area (Å²) >= 11 is 12.2. The van der Waals surface area contributed by atoms with E-state index in [9.17, 15) is 9.59 Å². The van der Waals surface area contributed by atoms with Crippen molar-refractivity contribution in [2.75, 3.05) is 19.6 Å². The first-order valence-corrected chi connectivity index (χ1v) is 9.38. The van der Waals surface area contributed by atoms with Crippen LogP contribution in [-0.4, -0.2) is 36.3 Å². The lowest BCUT2D eigenvalue weighted by Crippen LogP contribution is -2.41. The van der Waals surface area contributed by atoms with Crippen LogP contribution in [0.15, 0.2) is 48.5 Å². The number of hydrogen-bond donors (Lipinski definition) is 1. The molecule has 1 saturated heterocycles. The van der Waals surface area contributed by atoms with Gasteiger partial charge in [-0.1, -0.05) is 47.5 Å². The molecule has 1 N–H and O–H groups in total. The minimum absolute atomic E-state index is 0.0332. The Kier molecular flexibility index (Phi) is 6.17. The van der Waals surface area contributed by atoms with E-state index in [2.05, 4.69) is 5.32 Å². The largest absolute Gasteiger partial charge is 0.352 e. The highest BCUT2D eigenvalue weighted by Gasteiger charge is 2.25. The molecule has 0 aliphatic carbocycles. The van der Waals surface area contributed by atoms with Gasteiger partial charge in [0.25, 0.3) is 11.8 Å². The molecule has 0 saturated carbocycles. The van der Waals surface area contributed by atoms with Crippen molar-refractivity contribution in [3.63, 3.8) is 0 Å². The van der Waals surface area contributed by atoms with Crippen LogP contribution in [0.3, 0.4) is 0 Å². The molecule has 0 aromatic heterocycles. The van der Waals surface area contributed by atoms with E-state index < -0.39 is 0 Å². The molecular weight excluding hydrogens is 371 g/mol. The van der Waals surface area contributed by atoms with Crippen molar-refractivity contribution >= 4 is 35.0 Å². The van der Waals surface area contributed by atoms with Crippen LogP contribution < -0.4 is 5.32 Å². The summed E-state index contributed by atoms with van der Waals surface area (Å²) in [4.78, 5) is 26.6. The summed E-state index contributed by atoms with van der Waals surface area (Å²) in [6.45, 7) is 1.91. The SMILES string of the molecule is O=C(NCC1CCN(C(=O)c2ccccc2Cl)CC1)c1ccccc1Cl. The van der Waals surface area contributed by atoms with Gasteiger partial charge in [-0.05, 0) is 43.0 Å². The molecule has 1 heterocycles. The number of nitrogens with one attached hydrogen (secondary N) is 1. The second-order valence-corrected chi connectivity index (χ2v) is 7.22. The summed E-state index contributed by atoms with van der Waals surface area (Å²) in [5.74, 6) is 0.149. The minimum Gasteiger partial charge on any atom is -0.352 e. The molecule has 0 spiro atoms. The fourth-order valence-electron chi connectivity index (χ4n) is 3.12. The molecule has 26 heavy (non-hydrogen) atoms. The summed E-state index contributed by atoms with van der Waals surface area (Å²) in [6.07, 6.45) is 1.69. The lowest BCUT2D eigenvalue weighted by atomic mass is 9.96. The van der Waals surface area contributed by atoms with E-state index in [1.54, 1.807) is 36.4 Å². The molecule has 136 valence electrons. The van der Waals surface area contributed by atoms with Gasteiger partial charge in [-0.3, -0.25) is 9.59 Å². The van der Waals surface area contributed by atoms with Crippen molar-refractivity contribution in [2.24, 2.45) is 5.92 Å². The van der Waals surface area contributed by atoms with Crippen molar-refractivity contribution in [3.8, 4) is 0 Å². The van der Waals surface area contributed by atoms with Gasteiger partial charge in [0, 0.05) is 19.6 Å². The minimum atomic E-state index is -0.162. The number of piperidine rings is 1. The summed E-state index contributed by atoms with van der Waals surface area (Å²) in [5, 5.41) is 3.87. The zero-order valence-corrected chi connectivity index (χ0v) is 15.8. The number of rotatable bonds is 4. The Balaban J connectivity index is 1.50. The molecule has 0 bridgehead atoms. The molecule has 1 aliphatic heterocycles. The molecule has 1 aliphatic rings. The van der Waals surface area contributed by atoms with Gasteiger partial charge in [-0.2, -0.15) is 0 Å². The molecule has 3 rings (SSSR count). The number of benzene rings is 2. The van der Waals surface area contributed by atoms with E-state index in [0.717, 1.165) is 12.8 Å². The molecule has 1 fully saturated rings. The molecule has 2 aromatic carbocycles. The topological polar surface area (TPSA) is 49.4 Å². The number of halogens is 2. The molecular formula is C20H20Cl2N2O2. The van der Waals surface area contributed by atoms with E-state index in [-0.39, 0.29) is 11.8 Å². The number of carbonyl (C=O) groups is 2. The first kappa shape index (κ1) is 18.7. The van der Waals surface area contributed by atoms with Crippen LogP contribution in [-0.2, 0) is 0 Å². The van der Waals surface area contributed by atoms with Crippen LogP contribution in [0, 0.1) is 5.92 Å². The lowest BCUT2D eigenvalue weighted by Gasteiger charge is -2.32. The van der Waals surface area contributed by atoms with Crippen molar-refractivity contribution in [1.82, 2.24) is 10.2 Å². The fourth-order valence-corrected chi connectivity index (χ4v) is 3.56. The summed E-state index contributed by atoms with van der Waals surface area (Å²) < 4.78 is 0. The second-order valence-electron chi connectivity index (χ2n) is 6.41. The monoisotopic (exact) mass is 390 g/mol. The van der Waals surface area contributed by atoms with Crippen molar-refractivity contribution in [1.29, 1.82) is 0 Å². The summed E-state index contributed by atoms with van der Waals surface area (Å²) in [5.41, 5.74) is 1.03. The van der Waals surface area contributed by atoms with Gasteiger partial charge in [-0.15, -0.1) is 0 Å². The predicted molar refractivity (Wildman–Crippen MR) is 104 cm³/mol. The van der Waals surface area contributed by atoms with E-state index in [1.807, 2.05) is 17.0 Å². The maximum absolute atomic E-state index is 12.6. The fraction of sp³-hybridized carbons (Fsp3) is 0.300. The number of likely N-dealkylation sites (tertiary alicyclic amines) is 1. The number of nitrogens with zero attached hydrogens (tertiary/aromatic N) is 1. The molecule has 0 unspecified atom stereocenters. The van der Waals surface area contributed by atoms with E-state index in [4.69, 9.17) is 23.2 Å². The van der Waals surface area contributed by atoms with Crippen LogP contribution in [0.5, 0.6) is 0 Å².